The van der Waals surface area contributed by atoms with Crippen molar-refractivity contribution < 1.29 is 58.7 Å². The summed E-state index contributed by atoms with van der Waals surface area (Å²) in [6.07, 6.45) is 1.60. The van der Waals surface area contributed by atoms with Gasteiger partial charge >= 0.3 is 30.2 Å². The number of hydrogen-bond donors (Lipinski definition) is 8. The fraction of sp³-hybridized carbons (Fsp3) is 0.260. The number of benzene rings is 10. The Morgan fingerprint density at radius 1 is 0.424 bits per heavy atom. The molecule has 13 rings (SSSR count). The maximum atomic E-state index is 15.1. The minimum absolute atomic E-state index is 0. The summed E-state index contributed by atoms with van der Waals surface area (Å²) in [6, 6.07) is 74.8. The first-order valence-electron chi connectivity index (χ1n) is 38.9. The molecule has 0 bridgehead atoms. The van der Waals surface area contributed by atoms with Crippen LogP contribution in [-0.2, 0) is 66.9 Å². The third-order valence-electron chi connectivity index (χ3n) is 20.2. The molecule has 2 aromatic heterocycles. The van der Waals surface area contributed by atoms with Gasteiger partial charge in [-0.15, -0.1) is 0 Å². The normalized spacial score (nSPS) is 13.8. The molecular weight excluding hydrogens is 1530 g/mol. The Morgan fingerprint density at radius 2 is 0.797 bits per heavy atom. The Balaban J connectivity index is 0.000000257. The van der Waals surface area contributed by atoms with Crippen molar-refractivity contribution in [2.24, 2.45) is 5.73 Å². The van der Waals surface area contributed by atoms with Crippen LogP contribution < -0.4 is 32.3 Å². The lowest BCUT2D eigenvalue weighted by molar-refractivity contribution is -0.158. The fourth-order valence-electron chi connectivity index (χ4n) is 14.6. The number of nitrogens with two attached hydrogens (primary N) is 1. The van der Waals surface area contributed by atoms with Crippen molar-refractivity contribution in [1.82, 2.24) is 36.6 Å². The molecule has 5 amide bonds. The van der Waals surface area contributed by atoms with Gasteiger partial charge in [0.1, 0.15) is 35.9 Å². The molecule has 9 N–H and O–H groups in total. The van der Waals surface area contributed by atoms with E-state index in [9.17, 15) is 28.8 Å². The standard InChI is InChI=1S/C55H53ClN4O7.C40H43ClN4O5.CH4.H2/c1-35-26-28-38(29-27-35)55(37-16-6-5-7-17-37,45-23-13-14-24-46(45)56)66-51(62)48(30-31-57-52(63)67-54(2,3)4)59-50(61)49(32-36-33-58-47-25-15-12-18-39(36)47)60-53(64)65-34-44-42-21-10-8-19-40(42)41-20-9-11-22-43(41)44;1-26-18-20-29(21-19-26)40(28-12-6-5-7-13-28,31-15-9-10-16-32(31)41)49-37(47)35(22-23-43-38(48)50-39(2,3)4)45-36(46)33(42)24-27-25-44-34-17-11-8-14-30(27)34;;/h5-29,33,44,48-49,58H,30-32,34H2,1-4H3,(H,57,63)(H,59,61)(H,60,64);5-21,25,33,35,44H,22-24,42H2,1-4H3,(H,43,48)(H,45,46);1H4;1H. The minimum atomic E-state index is -1.60. The molecule has 22 heteroatoms. The van der Waals surface area contributed by atoms with E-state index in [1.54, 1.807) is 78.1 Å². The van der Waals surface area contributed by atoms with Crippen molar-refractivity contribution in [3.63, 3.8) is 0 Å². The van der Waals surface area contributed by atoms with E-state index in [1.165, 1.54) is 0 Å². The monoisotopic (exact) mass is 1630 g/mol. The number of rotatable bonds is 27. The van der Waals surface area contributed by atoms with E-state index < -0.39 is 88.6 Å². The van der Waals surface area contributed by atoms with Crippen molar-refractivity contribution in [2.45, 2.75) is 141 Å². The summed E-state index contributed by atoms with van der Waals surface area (Å²) in [5, 5.41) is 16.5. The molecule has 612 valence electrons. The highest BCUT2D eigenvalue weighted by atomic mass is 35.5. The molecule has 0 saturated carbocycles. The van der Waals surface area contributed by atoms with Crippen molar-refractivity contribution in [3.05, 3.63) is 344 Å². The first kappa shape index (κ1) is 86.4. The minimum Gasteiger partial charge on any atom is -0.449 e. The van der Waals surface area contributed by atoms with Crippen LogP contribution >= 0.6 is 23.2 Å². The Bertz CT molecular complexity index is 5460. The lowest BCUT2D eigenvalue weighted by Gasteiger charge is -2.37. The number of aromatic nitrogens is 2. The van der Waals surface area contributed by atoms with Crippen LogP contribution in [0.2, 0.25) is 10.0 Å². The number of carbonyl (C=O) groups excluding carboxylic acids is 7. The summed E-state index contributed by atoms with van der Waals surface area (Å²) in [6.45, 7) is 14.4. The molecule has 2 heterocycles. The van der Waals surface area contributed by atoms with Crippen LogP contribution in [0.4, 0.5) is 14.4 Å². The molecule has 12 aromatic rings. The predicted octanol–water partition coefficient (Wildman–Crippen LogP) is 18.3. The summed E-state index contributed by atoms with van der Waals surface area (Å²) >= 11 is 13.9. The summed E-state index contributed by atoms with van der Waals surface area (Å²) in [4.78, 5) is 104. The fourth-order valence-corrected chi connectivity index (χ4v) is 15.2. The molecule has 10 aromatic carbocycles. The molecule has 0 fully saturated rings. The maximum absolute atomic E-state index is 15.1. The van der Waals surface area contributed by atoms with Gasteiger partial charge in [-0.3, -0.25) is 9.59 Å². The van der Waals surface area contributed by atoms with Crippen LogP contribution in [0.3, 0.4) is 0 Å². The third kappa shape index (κ3) is 20.8. The van der Waals surface area contributed by atoms with Crippen LogP contribution in [0.5, 0.6) is 0 Å². The van der Waals surface area contributed by atoms with Gasteiger partial charge in [-0.05, 0) is 132 Å². The lowest BCUT2D eigenvalue weighted by atomic mass is 9.79. The highest BCUT2D eigenvalue weighted by Crippen LogP contribution is 2.47. The number of aromatic amines is 2. The van der Waals surface area contributed by atoms with Gasteiger partial charge in [-0.2, -0.15) is 0 Å². The average molecular weight is 1630 g/mol. The number of hydrogen-bond acceptors (Lipinski definition) is 13. The first-order valence-corrected chi connectivity index (χ1v) is 39.7. The van der Waals surface area contributed by atoms with E-state index in [-0.39, 0.29) is 60.2 Å². The second-order valence-electron chi connectivity index (χ2n) is 30.9. The van der Waals surface area contributed by atoms with Gasteiger partial charge in [0.25, 0.3) is 0 Å². The number of halogens is 2. The van der Waals surface area contributed by atoms with Crippen LogP contribution in [0.15, 0.2) is 267 Å². The van der Waals surface area contributed by atoms with Crippen LogP contribution in [0, 0.1) is 13.8 Å². The quantitative estimate of drug-likeness (QED) is 0.0135. The van der Waals surface area contributed by atoms with Crippen molar-refractivity contribution in [2.75, 3.05) is 19.7 Å². The van der Waals surface area contributed by atoms with Crippen LogP contribution in [-0.4, -0.2) is 107 Å². The Morgan fingerprint density at radius 3 is 1.23 bits per heavy atom. The number of aryl methyl sites for hydroxylation is 2. The van der Waals surface area contributed by atoms with Crippen LogP contribution in [0.1, 0.15) is 136 Å². The number of para-hydroxylation sites is 2. The number of fused-ring (bicyclic) bond motifs is 5. The second kappa shape index (κ2) is 38.5. The molecule has 0 saturated heterocycles. The zero-order valence-corrected chi connectivity index (χ0v) is 68.0. The molecule has 1 aliphatic carbocycles. The van der Waals surface area contributed by atoms with E-state index >= 15 is 4.79 Å². The maximum Gasteiger partial charge on any atom is 0.407 e. The zero-order valence-electron chi connectivity index (χ0n) is 66.5. The second-order valence-corrected chi connectivity index (χ2v) is 31.8. The van der Waals surface area contributed by atoms with E-state index in [2.05, 4.69) is 48.7 Å². The van der Waals surface area contributed by atoms with Crippen molar-refractivity contribution in [3.8, 4) is 11.1 Å². The molecule has 0 radical (unpaired) electrons. The predicted molar refractivity (Wildman–Crippen MR) is 464 cm³/mol. The molecule has 1 aliphatic rings. The first-order chi connectivity index (χ1) is 56.2. The Hall–Kier alpha value is -12.5. The van der Waals surface area contributed by atoms with E-state index in [0.29, 0.717) is 43.4 Å². The number of H-pyrrole nitrogens is 2. The highest BCUT2D eigenvalue weighted by molar-refractivity contribution is 6.32. The number of ether oxygens (including phenoxy) is 5. The Kier molecular flexibility index (Phi) is 28.2. The van der Waals surface area contributed by atoms with E-state index in [0.717, 1.165) is 66.3 Å². The largest absolute Gasteiger partial charge is 0.449 e. The number of nitrogens with one attached hydrogen (secondary N) is 7. The number of esters is 2. The third-order valence-corrected chi connectivity index (χ3v) is 20.9. The van der Waals surface area contributed by atoms with Gasteiger partial charge in [0.2, 0.25) is 11.8 Å². The zero-order chi connectivity index (χ0) is 83.0. The smallest absolute Gasteiger partial charge is 0.407 e. The molecule has 20 nitrogen and oxygen atoms in total. The average Bonchev–Trinajstić information content (AvgIpc) is 1.61. The van der Waals surface area contributed by atoms with Crippen LogP contribution in [0.25, 0.3) is 32.9 Å². The number of carbonyl (C=O) groups is 7. The summed E-state index contributed by atoms with van der Waals surface area (Å²) in [5.74, 6) is -3.01. The van der Waals surface area contributed by atoms with E-state index in [1.807, 2.05) is 232 Å². The summed E-state index contributed by atoms with van der Waals surface area (Å²) < 4.78 is 30.2. The van der Waals surface area contributed by atoms with Gasteiger partial charge in [0, 0.05) is 104 Å². The van der Waals surface area contributed by atoms with Gasteiger partial charge < -0.3 is 66.0 Å². The molecule has 0 spiro atoms. The Labute approximate surface area is 699 Å². The molecule has 6 unspecified atom stereocenters. The SMILES string of the molecule is C.Cc1ccc(C(OC(=O)C(CCNC(=O)OC(C)(C)C)NC(=O)C(Cc2c[nH]c3ccccc23)NC(=O)OCC2c3ccccc3-c3ccccc32)(c2ccccc2)c2ccccc2Cl)cc1.Cc1ccc(C(OC(=O)C(CCNC(=O)OC(C)(C)C)NC(=O)C(N)Cc2c[nH]c3ccccc23)(c2ccccc2)c2ccccc2Cl)cc1.[HH]. The lowest BCUT2D eigenvalue weighted by Crippen LogP contribution is -2.54. The van der Waals surface area contributed by atoms with Crippen molar-refractivity contribution in [1.29, 1.82) is 0 Å². The molecule has 6 atom stereocenters. The van der Waals surface area contributed by atoms with Crippen molar-refractivity contribution >= 4 is 87.0 Å². The van der Waals surface area contributed by atoms with Gasteiger partial charge in [0.15, 0.2) is 11.2 Å². The highest BCUT2D eigenvalue weighted by Gasteiger charge is 2.46. The molecule has 118 heavy (non-hydrogen) atoms. The summed E-state index contributed by atoms with van der Waals surface area (Å²) in [5.41, 5.74) is 15.0. The molecule has 0 aliphatic heterocycles. The number of amides is 5. The van der Waals surface area contributed by atoms with Gasteiger partial charge in [-0.1, -0.05) is 272 Å². The van der Waals surface area contributed by atoms with E-state index in [4.69, 9.17) is 52.6 Å². The topological polar surface area (TPSA) is 283 Å². The number of alkyl carbamates (subject to hydrolysis) is 3. The molecular formula is C96H102Cl2N8O12. The van der Waals surface area contributed by atoms with Gasteiger partial charge in [0.05, 0.1) is 6.04 Å². The van der Waals surface area contributed by atoms with Gasteiger partial charge in [-0.25, -0.2) is 24.0 Å². The summed E-state index contributed by atoms with van der Waals surface area (Å²) in [7, 11) is 0.